The van der Waals surface area contributed by atoms with Crippen molar-refractivity contribution in [3.63, 3.8) is 0 Å². The van der Waals surface area contributed by atoms with E-state index in [-0.39, 0.29) is 10.7 Å². The molecular weight excluding hydrogens is 264 g/mol. The molecule has 19 heavy (non-hydrogen) atoms. The van der Waals surface area contributed by atoms with Crippen LogP contribution in [0.25, 0.3) is 0 Å². The number of hydrogen-bond donors (Lipinski definition) is 3. The first kappa shape index (κ1) is 12.3. The number of nitrogens with one attached hydrogen (secondary N) is 1. The molecule has 98 valence electrons. The number of ketones is 1. The highest BCUT2D eigenvalue weighted by Gasteiger charge is 2.70. The maximum atomic E-state index is 12.5. The molecule has 0 saturated carbocycles. The lowest BCUT2D eigenvalue weighted by Crippen LogP contribution is -2.58. The van der Waals surface area contributed by atoms with Crippen molar-refractivity contribution in [2.45, 2.75) is 18.4 Å². The van der Waals surface area contributed by atoms with E-state index in [9.17, 15) is 15.0 Å². The van der Waals surface area contributed by atoms with Crippen molar-refractivity contribution in [3.05, 3.63) is 47.7 Å². The Kier molecular flexibility index (Phi) is 2.35. The Morgan fingerprint density at radius 3 is 2.74 bits per heavy atom. The smallest absolute Gasteiger partial charge is 0.262 e. The van der Waals surface area contributed by atoms with E-state index in [2.05, 4.69) is 5.32 Å². The van der Waals surface area contributed by atoms with Gasteiger partial charge in [-0.2, -0.15) is 0 Å². The summed E-state index contributed by atoms with van der Waals surface area (Å²) in [6.07, 6.45) is 3.10. The lowest BCUT2D eigenvalue weighted by Gasteiger charge is -2.32. The van der Waals surface area contributed by atoms with Crippen molar-refractivity contribution >= 4 is 23.1 Å². The second-order valence-corrected chi connectivity index (χ2v) is 4.93. The normalized spacial score (nSPS) is 32.7. The molecule has 1 heterocycles. The van der Waals surface area contributed by atoms with Gasteiger partial charge in [0.05, 0.1) is 0 Å². The summed E-state index contributed by atoms with van der Waals surface area (Å²) in [5, 5.41) is 24.2. The number of nitrogens with zero attached hydrogens (tertiary/aromatic N) is 1. The highest BCUT2D eigenvalue weighted by molar-refractivity contribution is 7.80. The zero-order valence-corrected chi connectivity index (χ0v) is 10.9. The minimum Gasteiger partial charge on any atom is -0.363 e. The van der Waals surface area contributed by atoms with Crippen molar-refractivity contribution in [2.24, 2.45) is 0 Å². The first-order valence-corrected chi connectivity index (χ1v) is 6.21. The third kappa shape index (κ3) is 1.21. The first-order valence-electron chi connectivity index (χ1n) is 5.80. The molecule has 0 radical (unpaired) electrons. The molecule has 6 heteroatoms. The number of rotatable bonds is 1. The molecule has 1 aromatic carbocycles. The van der Waals surface area contributed by atoms with E-state index < -0.39 is 17.2 Å². The van der Waals surface area contributed by atoms with E-state index in [1.807, 2.05) is 0 Å². The summed E-state index contributed by atoms with van der Waals surface area (Å²) in [6.45, 7) is 1.73. The highest BCUT2D eigenvalue weighted by Crippen LogP contribution is 2.48. The molecule has 1 fully saturated rings. The molecule has 0 spiro atoms. The van der Waals surface area contributed by atoms with Gasteiger partial charge in [0.1, 0.15) is 0 Å². The molecule has 0 aromatic heterocycles. The maximum absolute atomic E-state index is 12.5. The van der Waals surface area contributed by atoms with Crippen LogP contribution in [-0.4, -0.2) is 31.7 Å². The summed E-state index contributed by atoms with van der Waals surface area (Å²) >= 11 is 5.08. The fourth-order valence-electron chi connectivity index (χ4n) is 2.66. The van der Waals surface area contributed by atoms with Crippen LogP contribution in [0.1, 0.15) is 22.8 Å². The van der Waals surface area contributed by atoms with Crippen LogP contribution in [-0.2, 0) is 5.72 Å². The van der Waals surface area contributed by atoms with Gasteiger partial charge >= 0.3 is 0 Å². The molecule has 3 rings (SSSR count). The molecule has 1 aromatic rings. The molecule has 1 aliphatic heterocycles. The number of allylic oxidation sites excluding steroid dienone is 1. The average Bonchev–Trinajstić information content (AvgIpc) is 2.69. The summed E-state index contributed by atoms with van der Waals surface area (Å²) in [6, 6.07) is 6.55. The quantitative estimate of drug-likeness (QED) is 0.647. The fraction of sp³-hybridized carbons (Fsp3) is 0.231. The van der Waals surface area contributed by atoms with Crippen molar-refractivity contribution in [1.82, 2.24) is 10.2 Å². The number of thiocarbonyl (C=S) groups is 1. The van der Waals surface area contributed by atoms with Gasteiger partial charge in [-0.15, -0.1) is 0 Å². The van der Waals surface area contributed by atoms with Gasteiger partial charge in [0.25, 0.3) is 5.72 Å². The Hall–Kier alpha value is -1.76. The number of carbonyl (C=O) groups excluding carboxylic acids is 1. The Morgan fingerprint density at radius 1 is 1.37 bits per heavy atom. The maximum Gasteiger partial charge on any atom is 0.262 e. The third-order valence-corrected chi connectivity index (χ3v) is 3.83. The molecule has 2 atom stereocenters. The predicted octanol–water partition coefficient (Wildman–Crippen LogP) is 0.440. The molecule has 0 amide bonds. The number of aliphatic hydroxyl groups is 2. The lowest BCUT2D eigenvalue weighted by atomic mass is 10.00. The molecule has 5 nitrogen and oxygen atoms in total. The Bertz CT molecular complexity index is 630. The van der Waals surface area contributed by atoms with Gasteiger partial charge in [0, 0.05) is 17.3 Å². The van der Waals surface area contributed by atoms with Gasteiger partial charge in [0.15, 0.2) is 5.11 Å². The summed E-state index contributed by atoms with van der Waals surface area (Å²) in [5.41, 5.74) is -3.44. The van der Waals surface area contributed by atoms with Crippen LogP contribution in [0, 0.1) is 0 Å². The Morgan fingerprint density at radius 2 is 2.05 bits per heavy atom. The van der Waals surface area contributed by atoms with Crippen molar-refractivity contribution in [3.8, 4) is 0 Å². The van der Waals surface area contributed by atoms with E-state index in [1.165, 1.54) is 11.1 Å². The standard InChI is InChI=1S/C13H12N2O3S/c1-2-7-15-11(19)14-12(17)9-6-4-3-5-8(9)10(16)13(12,15)18/h2-7,17-18H,1H3,(H,14,19)/b7-2+/t12-,13-/m0/s1. The Labute approximate surface area is 115 Å². The van der Waals surface area contributed by atoms with Gasteiger partial charge in [-0.3, -0.25) is 9.69 Å². The molecule has 1 saturated heterocycles. The molecule has 0 bridgehead atoms. The van der Waals surface area contributed by atoms with Gasteiger partial charge in [-0.25, -0.2) is 0 Å². The number of carbonyl (C=O) groups is 1. The van der Waals surface area contributed by atoms with E-state index >= 15 is 0 Å². The average molecular weight is 276 g/mol. The largest absolute Gasteiger partial charge is 0.363 e. The summed E-state index contributed by atoms with van der Waals surface area (Å²) < 4.78 is 0. The van der Waals surface area contributed by atoms with Crippen LogP contribution in [0.2, 0.25) is 0 Å². The highest BCUT2D eigenvalue weighted by atomic mass is 32.1. The molecule has 2 aliphatic rings. The van der Waals surface area contributed by atoms with Crippen LogP contribution in [0.15, 0.2) is 36.5 Å². The first-order chi connectivity index (χ1) is 8.96. The Balaban J connectivity index is 2.28. The fourth-order valence-corrected chi connectivity index (χ4v) is 3.00. The molecule has 3 N–H and O–H groups in total. The second-order valence-electron chi connectivity index (χ2n) is 4.54. The monoisotopic (exact) mass is 276 g/mol. The van der Waals surface area contributed by atoms with E-state index in [4.69, 9.17) is 12.2 Å². The van der Waals surface area contributed by atoms with Crippen LogP contribution in [0.3, 0.4) is 0 Å². The van der Waals surface area contributed by atoms with Gasteiger partial charge in [-0.05, 0) is 19.1 Å². The predicted molar refractivity (Wildman–Crippen MR) is 72.0 cm³/mol. The van der Waals surface area contributed by atoms with Gasteiger partial charge < -0.3 is 15.5 Å². The molecular formula is C13H12N2O3S. The van der Waals surface area contributed by atoms with Crippen LogP contribution in [0.4, 0.5) is 0 Å². The molecule has 0 unspecified atom stereocenters. The summed E-state index contributed by atoms with van der Waals surface area (Å²) in [5.74, 6) is -0.573. The zero-order chi connectivity index (χ0) is 13.8. The number of Topliss-reactive ketones (excluding diaryl/α,β-unsaturated/α-hetero) is 1. The van der Waals surface area contributed by atoms with Crippen molar-refractivity contribution in [1.29, 1.82) is 0 Å². The van der Waals surface area contributed by atoms with Gasteiger partial charge in [-0.1, -0.05) is 30.3 Å². The summed E-state index contributed by atoms with van der Waals surface area (Å²) in [7, 11) is 0. The van der Waals surface area contributed by atoms with Crippen LogP contribution >= 0.6 is 12.2 Å². The van der Waals surface area contributed by atoms with E-state index in [1.54, 1.807) is 37.3 Å². The minimum absolute atomic E-state index is 0.103. The minimum atomic E-state index is -2.14. The van der Waals surface area contributed by atoms with E-state index in [0.717, 1.165) is 0 Å². The SMILES string of the molecule is C/C=C/N1C(=S)N[C@]2(O)c3ccccc3C(=O)[C@@]12O. The van der Waals surface area contributed by atoms with Crippen LogP contribution < -0.4 is 5.32 Å². The van der Waals surface area contributed by atoms with Gasteiger partial charge in [0.2, 0.25) is 11.5 Å². The number of hydrogen-bond acceptors (Lipinski definition) is 4. The second kappa shape index (κ2) is 3.63. The zero-order valence-electron chi connectivity index (χ0n) is 10.1. The van der Waals surface area contributed by atoms with Crippen molar-refractivity contribution in [2.75, 3.05) is 0 Å². The molecule has 1 aliphatic carbocycles. The third-order valence-electron chi connectivity index (χ3n) is 3.54. The van der Waals surface area contributed by atoms with Crippen molar-refractivity contribution < 1.29 is 15.0 Å². The van der Waals surface area contributed by atoms with Crippen LogP contribution in [0.5, 0.6) is 0 Å². The van der Waals surface area contributed by atoms with E-state index in [0.29, 0.717) is 5.56 Å². The lowest BCUT2D eigenvalue weighted by molar-refractivity contribution is -0.153. The topological polar surface area (TPSA) is 72.8 Å². The number of fused-ring (bicyclic) bond motifs is 3. The number of benzene rings is 1. The summed E-state index contributed by atoms with van der Waals surface area (Å²) in [4.78, 5) is 13.6.